The second kappa shape index (κ2) is 9.76. The predicted molar refractivity (Wildman–Crippen MR) is 116 cm³/mol. The van der Waals surface area contributed by atoms with Crippen LogP contribution in [0, 0.1) is 12.7 Å². The highest BCUT2D eigenvalue weighted by atomic mass is 35.5. The van der Waals surface area contributed by atoms with Crippen LogP contribution in [-0.2, 0) is 14.3 Å². The Kier molecular flexibility index (Phi) is 7.09. The fraction of sp³-hybridized carbons (Fsp3) is 0.190. The molecule has 0 saturated carbocycles. The number of hydrogen-bond donors (Lipinski definition) is 2. The van der Waals surface area contributed by atoms with Crippen LogP contribution in [0.2, 0.25) is 5.02 Å². The number of rotatable bonds is 7. The third kappa shape index (κ3) is 5.50. The van der Waals surface area contributed by atoms with Gasteiger partial charge in [0.2, 0.25) is 5.91 Å². The van der Waals surface area contributed by atoms with Crippen LogP contribution in [0.5, 0.6) is 5.75 Å². The van der Waals surface area contributed by atoms with Crippen molar-refractivity contribution in [2.75, 3.05) is 25.6 Å². The molecule has 0 saturated heterocycles. The standard InChI is InChI=1S/C21H18ClFN2O5S/c1-11-3-6-15(29-2)14(7-11)25-17(26)9-24-18(27)10-30-21(28)20-19(22)13-5-4-12(23)8-16(13)31-20/h3-8H,9-10H2,1-2H3,(H,24,27)(H,25,26). The molecule has 0 aliphatic rings. The summed E-state index contributed by atoms with van der Waals surface area (Å²) in [5.74, 6) is -1.91. The molecule has 1 heterocycles. The highest BCUT2D eigenvalue weighted by Crippen LogP contribution is 2.36. The van der Waals surface area contributed by atoms with Crippen molar-refractivity contribution in [2.45, 2.75) is 6.92 Å². The number of carbonyl (C=O) groups excluding carboxylic acids is 3. The van der Waals surface area contributed by atoms with Gasteiger partial charge >= 0.3 is 5.97 Å². The van der Waals surface area contributed by atoms with Gasteiger partial charge in [-0.1, -0.05) is 17.7 Å². The van der Waals surface area contributed by atoms with Gasteiger partial charge in [0.15, 0.2) is 6.61 Å². The van der Waals surface area contributed by atoms with Crippen LogP contribution in [0.25, 0.3) is 10.1 Å². The summed E-state index contributed by atoms with van der Waals surface area (Å²) in [4.78, 5) is 36.3. The highest BCUT2D eigenvalue weighted by Gasteiger charge is 2.20. The minimum Gasteiger partial charge on any atom is -0.495 e. The average molecular weight is 465 g/mol. The second-order valence-corrected chi connectivity index (χ2v) is 7.92. The molecule has 0 aliphatic carbocycles. The molecule has 7 nitrogen and oxygen atoms in total. The first kappa shape index (κ1) is 22.5. The molecule has 0 atom stereocenters. The van der Waals surface area contributed by atoms with E-state index in [0.717, 1.165) is 16.9 Å². The molecule has 2 N–H and O–H groups in total. The summed E-state index contributed by atoms with van der Waals surface area (Å²) >= 11 is 7.13. The highest BCUT2D eigenvalue weighted by molar-refractivity contribution is 7.21. The van der Waals surface area contributed by atoms with Crippen LogP contribution in [0.4, 0.5) is 10.1 Å². The fourth-order valence-corrected chi connectivity index (χ4v) is 4.14. The number of nitrogens with one attached hydrogen (secondary N) is 2. The summed E-state index contributed by atoms with van der Waals surface area (Å²) in [7, 11) is 1.48. The normalized spacial score (nSPS) is 10.6. The van der Waals surface area contributed by atoms with E-state index < -0.39 is 30.2 Å². The number of anilines is 1. The number of aryl methyl sites for hydroxylation is 1. The summed E-state index contributed by atoms with van der Waals surface area (Å²) in [6.45, 7) is 0.944. The first-order valence-electron chi connectivity index (χ1n) is 9.04. The lowest BCUT2D eigenvalue weighted by atomic mass is 10.2. The monoisotopic (exact) mass is 464 g/mol. The van der Waals surface area contributed by atoms with E-state index in [9.17, 15) is 18.8 Å². The molecule has 162 valence electrons. The quantitative estimate of drug-likeness (QED) is 0.517. The van der Waals surface area contributed by atoms with Gasteiger partial charge in [0.05, 0.1) is 24.4 Å². The van der Waals surface area contributed by atoms with Crippen LogP contribution in [-0.4, -0.2) is 38.0 Å². The Labute approximate surface area is 186 Å². The van der Waals surface area contributed by atoms with Crippen LogP contribution in [0.3, 0.4) is 0 Å². The van der Waals surface area contributed by atoms with Gasteiger partial charge in [-0.2, -0.15) is 0 Å². The van der Waals surface area contributed by atoms with Crippen molar-refractivity contribution in [3.8, 4) is 5.75 Å². The minimum atomic E-state index is -0.810. The summed E-state index contributed by atoms with van der Waals surface area (Å²) in [6.07, 6.45) is 0. The zero-order valence-corrected chi connectivity index (χ0v) is 18.2. The number of esters is 1. The van der Waals surface area contributed by atoms with Gasteiger partial charge in [-0.25, -0.2) is 9.18 Å². The summed E-state index contributed by atoms with van der Waals surface area (Å²) in [5.41, 5.74) is 1.40. The molecule has 2 amide bonds. The second-order valence-electron chi connectivity index (χ2n) is 6.49. The Balaban J connectivity index is 1.51. The molecule has 31 heavy (non-hydrogen) atoms. The number of benzene rings is 2. The van der Waals surface area contributed by atoms with E-state index in [-0.39, 0.29) is 16.4 Å². The third-order valence-corrected chi connectivity index (χ3v) is 5.82. The van der Waals surface area contributed by atoms with E-state index in [0.29, 0.717) is 21.5 Å². The van der Waals surface area contributed by atoms with E-state index in [4.69, 9.17) is 21.1 Å². The Morgan fingerprint density at radius 1 is 1.13 bits per heavy atom. The van der Waals surface area contributed by atoms with Crippen molar-refractivity contribution in [1.29, 1.82) is 0 Å². The van der Waals surface area contributed by atoms with Gasteiger partial charge in [-0.3, -0.25) is 9.59 Å². The Morgan fingerprint density at radius 3 is 2.65 bits per heavy atom. The molecule has 10 heteroatoms. The summed E-state index contributed by atoms with van der Waals surface area (Å²) in [5, 5.41) is 5.66. The SMILES string of the molecule is COc1ccc(C)cc1NC(=O)CNC(=O)COC(=O)c1sc2cc(F)ccc2c1Cl. The average Bonchev–Trinajstić information content (AvgIpc) is 3.06. The number of halogens is 2. The molecular weight excluding hydrogens is 447 g/mol. The van der Waals surface area contributed by atoms with Crippen LogP contribution >= 0.6 is 22.9 Å². The van der Waals surface area contributed by atoms with Gasteiger partial charge < -0.3 is 20.1 Å². The van der Waals surface area contributed by atoms with Crippen molar-refractivity contribution >= 4 is 56.5 Å². The zero-order chi connectivity index (χ0) is 22.5. The number of amides is 2. The van der Waals surface area contributed by atoms with Crippen molar-refractivity contribution in [1.82, 2.24) is 5.32 Å². The lowest BCUT2D eigenvalue weighted by Gasteiger charge is -2.11. The van der Waals surface area contributed by atoms with Gasteiger partial charge in [0, 0.05) is 10.1 Å². The lowest BCUT2D eigenvalue weighted by Crippen LogP contribution is -2.35. The smallest absolute Gasteiger partial charge is 0.350 e. The first-order chi connectivity index (χ1) is 14.8. The maximum absolute atomic E-state index is 13.3. The van der Waals surface area contributed by atoms with Gasteiger partial charge in [-0.05, 0) is 42.8 Å². The van der Waals surface area contributed by atoms with E-state index in [1.54, 1.807) is 12.1 Å². The number of carbonyl (C=O) groups is 3. The van der Waals surface area contributed by atoms with Crippen molar-refractivity contribution in [2.24, 2.45) is 0 Å². The molecule has 1 aromatic heterocycles. The topological polar surface area (TPSA) is 93.7 Å². The third-order valence-electron chi connectivity index (χ3n) is 4.19. The van der Waals surface area contributed by atoms with Crippen molar-refractivity contribution < 1.29 is 28.2 Å². The van der Waals surface area contributed by atoms with Gasteiger partial charge in [-0.15, -0.1) is 11.3 Å². The van der Waals surface area contributed by atoms with E-state index in [2.05, 4.69) is 10.6 Å². The maximum atomic E-state index is 13.3. The van der Waals surface area contributed by atoms with E-state index in [1.807, 2.05) is 13.0 Å². The largest absolute Gasteiger partial charge is 0.495 e. The lowest BCUT2D eigenvalue weighted by molar-refractivity contribution is -0.126. The van der Waals surface area contributed by atoms with Crippen LogP contribution in [0.15, 0.2) is 36.4 Å². The van der Waals surface area contributed by atoms with Gasteiger partial charge in [0.1, 0.15) is 16.4 Å². The number of ether oxygens (including phenoxy) is 2. The van der Waals surface area contributed by atoms with Crippen LogP contribution < -0.4 is 15.4 Å². The van der Waals surface area contributed by atoms with Crippen molar-refractivity contribution in [3.63, 3.8) is 0 Å². The molecule has 2 aromatic carbocycles. The number of methoxy groups -OCH3 is 1. The molecule has 0 radical (unpaired) electrons. The predicted octanol–water partition coefficient (Wildman–Crippen LogP) is 3.92. The zero-order valence-electron chi connectivity index (χ0n) is 16.6. The molecule has 0 bridgehead atoms. The molecule has 0 fully saturated rings. The Hall–Kier alpha value is -3.17. The van der Waals surface area contributed by atoms with Crippen LogP contribution in [0.1, 0.15) is 15.2 Å². The molecular formula is C21H18ClFN2O5S. The maximum Gasteiger partial charge on any atom is 0.350 e. The molecule has 3 aromatic rings. The Bertz CT molecular complexity index is 1160. The number of fused-ring (bicyclic) bond motifs is 1. The van der Waals surface area contributed by atoms with Gasteiger partial charge in [0.25, 0.3) is 5.91 Å². The van der Waals surface area contributed by atoms with E-state index >= 15 is 0 Å². The summed E-state index contributed by atoms with van der Waals surface area (Å²) in [6, 6.07) is 9.26. The van der Waals surface area contributed by atoms with Crippen molar-refractivity contribution in [3.05, 3.63) is 57.7 Å². The number of thiophene rings is 1. The molecule has 0 unspecified atom stereocenters. The first-order valence-corrected chi connectivity index (χ1v) is 10.2. The Morgan fingerprint density at radius 2 is 1.90 bits per heavy atom. The number of hydrogen-bond acceptors (Lipinski definition) is 6. The minimum absolute atomic E-state index is 0.0688. The molecule has 0 spiro atoms. The molecule has 0 aliphatic heterocycles. The molecule has 3 rings (SSSR count). The summed E-state index contributed by atoms with van der Waals surface area (Å²) < 4.78 is 24.0. The fourth-order valence-electron chi connectivity index (χ4n) is 2.71. The van der Waals surface area contributed by atoms with E-state index in [1.165, 1.54) is 25.3 Å².